The fourth-order valence-corrected chi connectivity index (χ4v) is 3.56. The smallest absolute Gasteiger partial charge is 0.253 e. The van der Waals surface area contributed by atoms with E-state index in [9.17, 15) is 9.59 Å². The Morgan fingerprint density at radius 2 is 1.92 bits per heavy atom. The summed E-state index contributed by atoms with van der Waals surface area (Å²) < 4.78 is 0. The molecule has 0 aromatic heterocycles. The van der Waals surface area contributed by atoms with Gasteiger partial charge >= 0.3 is 0 Å². The standard InChI is InChI=1S/C19H26ClN3O2.ClH/c1-12(13-6-8-21-9-7-13)10-18(24)22-15-4-5-17(20)16(11-15)19(25)23-14-2-3-14;/h4-5,11-14,21H,2-3,6-10H2,1H3,(H,22,24)(H,23,25);1H. The number of nitrogens with one attached hydrogen (secondary N) is 3. The zero-order valence-electron chi connectivity index (χ0n) is 15.0. The number of hydrogen-bond donors (Lipinski definition) is 3. The number of rotatable bonds is 6. The van der Waals surface area contributed by atoms with E-state index in [0.29, 0.717) is 34.5 Å². The lowest BCUT2D eigenvalue weighted by molar-refractivity contribution is -0.117. The first-order valence-corrected chi connectivity index (χ1v) is 9.51. The summed E-state index contributed by atoms with van der Waals surface area (Å²) in [5.74, 6) is 0.762. The fourth-order valence-electron chi connectivity index (χ4n) is 3.35. The highest BCUT2D eigenvalue weighted by molar-refractivity contribution is 6.34. The summed E-state index contributed by atoms with van der Waals surface area (Å²) in [7, 11) is 0. The van der Waals surface area contributed by atoms with Crippen molar-refractivity contribution >= 4 is 41.5 Å². The van der Waals surface area contributed by atoms with Gasteiger partial charge in [-0.3, -0.25) is 9.59 Å². The molecule has 1 unspecified atom stereocenters. The minimum Gasteiger partial charge on any atom is -0.349 e. The van der Waals surface area contributed by atoms with Crippen LogP contribution < -0.4 is 16.0 Å². The molecule has 0 radical (unpaired) electrons. The maximum Gasteiger partial charge on any atom is 0.253 e. The molecule has 2 fully saturated rings. The number of benzene rings is 1. The van der Waals surface area contributed by atoms with E-state index in [1.165, 1.54) is 0 Å². The molecule has 7 heteroatoms. The van der Waals surface area contributed by atoms with Gasteiger partial charge in [-0.25, -0.2) is 0 Å². The van der Waals surface area contributed by atoms with Crippen LogP contribution in [0.15, 0.2) is 18.2 Å². The van der Waals surface area contributed by atoms with Gasteiger partial charge < -0.3 is 16.0 Å². The molecule has 2 amide bonds. The first kappa shape index (κ1) is 21.0. The molecule has 3 rings (SSSR count). The number of anilines is 1. The van der Waals surface area contributed by atoms with Crippen LogP contribution in [0.25, 0.3) is 0 Å². The lowest BCUT2D eigenvalue weighted by Crippen LogP contribution is -2.32. The minimum absolute atomic E-state index is 0. The van der Waals surface area contributed by atoms with E-state index in [2.05, 4.69) is 22.9 Å². The Morgan fingerprint density at radius 3 is 2.58 bits per heavy atom. The monoisotopic (exact) mass is 399 g/mol. The van der Waals surface area contributed by atoms with Crippen molar-refractivity contribution in [3.8, 4) is 0 Å². The van der Waals surface area contributed by atoms with Gasteiger partial charge in [-0.15, -0.1) is 12.4 Å². The van der Waals surface area contributed by atoms with Gasteiger partial charge in [0.2, 0.25) is 5.91 Å². The van der Waals surface area contributed by atoms with Crippen molar-refractivity contribution in [3.05, 3.63) is 28.8 Å². The van der Waals surface area contributed by atoms with Gasteiger partial charge in [0.05, 0.1) is 10.6 Å². The van der Waals surface area contributed by atoms with Crippen molar-refractivity contribution in [1.82, 2.24) is 10.6 Å². The van der Waals surface area contributed by atoms with Gasteiger partial charge in [-0.2, -0.15) is 0 Å². The average Bonchev–Trinajstić information content (AvgIpc) is 3.41. The van der Waals surface area contributed by atoms with E-state index in [0.717, 1.165) is 38.8 Å². The van der Waals surface area contributed by atoms with Crippen molar-refractivity contribution in [2.45, 2.75) is 45.1 Å². The summed E-state index contributed by atoms with van der Waals surface area (Å²) in [6.45, 7) is 4.21. The summed E-state index contributed by atoms with van der Waals surface area (Å²) in [5, 5.41) is 9.59. The second-order valence-electron chi connectivity index (χ2n) is 7.26. The molecule has 1 saturated heterocycles. The van der Waals surface area contributed by atoms with Gasteiger partial charge in [0.15, 0.2) is 0 Å². The Labute approximate surface area is 166 Å². The van der Waals surface area contributed by atoms with Crippen LogP contribution in [0.4, 0.5) is 5.69 Å². The maximum absolute atomic E-state index is 12.4. The third kappa shape index (κ3) is 5.86. The molecule has 0 spiro atoms. The number of hydrogen-bond acceptors (Lipinski definition) is 3. The molecule has 1 aliphatic heterocycles. The second kappa shape index (κ2) is 9.58. The van der Waals surface area contributed by atoms with Crippen LogP contribution in [-0.2, 0) is 4.79 Å². The third-order valence-electron chi connectivity index (χ3n) is 5.10. The lowest BCUT2D eigenvalue weighted by atomic mass is 9.84. The van der Waals surface area contributed by atoms with Gasteiger partial charge in [0.1, 0.15) is 0 Å². The first-order valence-electron chi connectivity index (χ1n) is 9.14. The van der Waals surface area contributed by atoms with E-state index in [1.54, 1.807) is 18.2 Å². The molecule has 1 aromatic rings. The summed E-state index contributed by atoms with van der Waals surface area (Å²) in [5.41, 5.74) is 1.03. The lowest BCUT2D eigenvalue weighted by Gasteiger charge is -2.27. The quantitative estimate of drug-likeness (QED) is 0.683. The number of carbonyl (C=O) groups excluding carboxylic acids is 2. The summed E-state index contributed by atoms with van der Waals surface area (Å²) in [6.07, 6.45) is 4.79. The molecule has 1 aliphatic carbocycles. The van der Waals surface area contributed by atoms with Crippen molar-refractivity contribution in [1.29, 1.82) is 0 Å². The molecule has 1 saturated carbocycles. The normalized spacial score (nSPS) is 18.5. The predicted octanol–water partition coefficient (Wildman–Crippen LogP) is 3.62. The SMILES string of the molecule is CC(CC(=O)Nc1ccc(Cl)c(C(=O)NC2CC2)c1)C1CCNCC1.Cl. The van der Waals surface area contributed by atoms with Gasteiger partial charge in [0, 0.05) is 18.2 Å². The fraction of sp³-hybridized carbons (Fsp3) is 0.579. The highest BCUT2D eigenvalue weighted by Crippen LogP contribution is 2.26. The van der Waals surface area contributed by atoms with Crippen LogP contribution in [0, 0.1) is 11.8 Å². The van der Waals surface area contributed by atoms with Crippen LogP contribution in [0.3, 0.4) is 0 Å². The topological polar surface area (TPSA) is 70.2 Å². The highest BCUT2D eigenvalue weighted by atomic mass is 35.5. The zero-order chi connectivity index (χ0) is 17.8. The summed E-state index contributed by atoms with van der Waals surface area (Å²) >= 11 is 6.14. The number of piperidine rings is 1. The Kier molecular flexibility index (Phi) is 7.74. The highest BCUT2D eigenvalue weighted by Gasteiger charge is 2.25. The van der Waals surface area contributed by atoms with Gasteiger partial charge in [0.25, 0.3) is 5.91 Å². The van der Waals surface area contributed by atoms with Crippen LogP contribution in [0.5, 0.6) is 0 Å². The minimum atomic E-state index is -0.174. The molecule has 1 heterocycles. The Balaban J connectivity index is 0.00000243. The molecule has 1 aromatic carbocycles. The largest absolute Gasteiger partial charge is 0.349 e. The van der Waals surface area contributed by atoms with E-state index in [4.69, 9.17) is 11.6 Å². The zero-order valence-corrected chi connectivity index (χ0v) is 16.6. The predicted molar refractivity (Wildman–Crippen MR) is 107 cm³/mol. The Hall–Kier alpha value is -1.30. The molecular formula is C19H27Cl2N3O2. The van der Waals surface area contributed by atoms with Gasteiger partial charge in [-0.1, -0.05) is 18.5 Å². The molecule has 2 aliphatic rings. The van der Waals surface area contributed by atoms with Crippen LogP contribution >= 0.6 is 24.0 Å². The van der Waals surface area contributed by atoms with Crippen molar-refractivity contribution < 1.29 is 9.59 Å². The van der Waals surface area contributed by atoms with E-state index >= 15 is 0 Å². The molecule has 144 valence electrons. The van der Waals surface area contributed by atoms with Crippen molar-refractivity contribution in [2.24, 2.45) is 11.8 Å². The molecule has 5 nitrogen and oxygen atoms in total. The molecule has 3 N–H and O–H groups in total. The Morgan fingerprint density at radius 1 is 1.23 bits per heavy atom. The molecule has 1 atom stereocenters. The van der Waals surface area contributed by atoms with E-state index in [1.807, 2.05) is 0 Å². The summed E-state index contributed by atoms with van der Waals surface area (Å²) in [4.78, 5) is 24.6. The van der Waals surface area contributed by atoms with Crippen molar-refractivity contribution in [2.75, 3.05) is 18.4 Å². The van der Waals surface area contributed by atoms with Crippen LogP contribution in [0.1, 0.15) is 49.4 Å². The molecule has 0 bridgehead atoms. The number of halogens is 2. The second-order valence-corrected chi connectivity index (χ2v) is 7.67. The number of carbonyl (C=O) groups is 2. The molecular weight excluding hydrogens is 373 g/mol. The van der Waals surface area contributed by atoms with Crippen molar-refractivity contribution in [3.63, 3.8) is 0 Å². The Bertz CT molecular complexity index is 644. The third-order valence-corrected chi connectivity index (χ3v) is 5.43. The average molecular weight is 400 g/mol. The number of amides is 2. The van der Waals surface area contributed by atoms with E-state index < -0.39 is 0 Å². The van der Waals surface area contributed by atoms with E-state index in [-0.39, 0.29) is 30.3 Å². The van der Waals surface area contributed by atoms with Crippen LogP contribution in [-0.4, -0.2) is 30.9 Å². The first-order chi connectivity index (χ1) is 12.0. The van der Waals surface area contributed by atoms with Crippen LogP contribution in [0.2, 0.25) is 5.02 Å². The molecule has 26 heavy (non-hydrogen) atoms. The van der Waals surface area contributed by atoms with Gasteiger partial charge in [-0.05, 0) is 68.8 Å². The summed E-state index contributed by atoms with van der Waals surface area (Å²) in [6, 6.07) is 5.33. The maximum atomic E-state index is 12.4.